The Morgan fingerprint density at radius 3 is 2.52 bits per heavy atom. The molecule has 4 heteroatoms. The zero-order valence-electron chi connectivity index (χ0n) is 16.5. The molecule has 2 aromatic carbocycles. The van der Waals surface area contributed by atoms with Gasteiger partial charge in [-0.1, -0.05) is 48.5 Å². The van der Waals surface area contributed by atoms with Crippen molar-refractivity contribution < 1.29 is 4.79 Å². The Hall–Kier alpha value is -2.59. The molecule has 0 fully saturated rings. The van der Waals surface area contributed by atoms with Crippen LogP contribution >= 0.6 is 0 Å². The zero-order chi connectivity index (χ0) is 19.2. The number of hydrogen-bond donors (Lipinski definition) is 1. The van der Waals surface area contributed by atoms with Gasteiger partial charge < -0.3 is 14.8 Å². The number of likely N-dealkylation sites (N-methyl/N-ethyl adjacent to an activating group) is 1. The van der Waals surface area contributed by atoms with Gasteiger partial charge in [-0.25, -0.2) is 0 Å². The van der Waals surface area contributed by atoms with Crippen LogP contribution in [0.3, 0.4) is 0 Å². The van der Waals surface area contributed by atoms with Crippen LogP contribution in [0.4, 0.5) is 0 Å². The molecule has 0 saturated carbocycles. The summed E-state index contributed by atoms with van der Waals surface area (Å²) in [5, 5.41) is 4.31. The van der Waals surface area contributed by atoms with Gasteiger partial charge in [-0.3, -0.25) is 4.79 Å². The van der Waals surface area contributed by atoms with Gasteiger partial charge in [-0.2, -0.15) is 0 Å². The number of nitrogens with zero attached hydrogens (tertiary/aromatic N) is 2. The Labute approximate surface area is 161 Å². The molecule has 1 N–H and O–H groups in total. The van der Waals surface area contributed by atoms with Gasteiger partial charge in [0.15, 0.2) is 0 Å². The number of fused-ring (bicyclic) bond motifs is 1. The number of aryl methyl sites for hydroxylation is 1. The SMILES string of the molecule is CN(C)CCNC(=O)CC(Cc1ccccc1)c1cn(C)c2ccccc12. The first-order valence-electron chi connectivity index (χ1n) is 9.54. The standard InChI is InChI=1S/C23H29N3O/c1-25(2)14-13-24-23(27)16-19(15-18-9-5-4-6-10-18)21-17-26(3)22-12-8-7-11-20(21)22/h4-12,17,19H,13-16H2,1-3H3,(H,24,27). The molecule has 142 valence electrons. The van der Waals surface area contributed by atoms with Gasteiger partial charge in [-0.05, 0) is 43.6 Å². The zero-order valence-corrected chi connectivity index (χ0v) is 16.5. The van der Waals surface area contributed by atoms with Crippen LogP contribution in [-0.2, 0) is 18.3 Å². The van der Waals surface area contributed by atoms with Crippen molar-refractivity contribution in [1.82, 2.24) is 14.8 Å². The van der Waals surface area contributed by atoms with E-state index in [1.54, 1.807) is 0 Å². The first-order valence-corrected chi connectivity index (χ1v) is 9.54. The summed E-state index contributed by atoms with van der Waals surface area (Å²) < 4.78 is 2.16. The van der Waals surface area contributed by atoms with Gasteiger partial charge in [0.25, 0.3) is 0 Å². The van der Waals surface area contributed by atoms with Crippen molar-refractivity contribution in [2.24, 2.45) is 7.05 Å². The average Bonchev–Trinajstić information content (AvgIpc) is 2.99. The molecule has 0 aliphatic carbocycles. The lowest BCUT2D eigenvalue weighted by atomic mass is 9.88. The van der Waals surface area contributed by atoms with Gasteiger partial charge in [0.1, 0.15) is 0 Å². The van der Waals surface area contributed by atoms with E-state index in [2.05, 4.69) is 76.6 Å². The summed E-state index contributed by atoms with van der Waals surface area (Å²) in [5.41, 5.74) is 3.72. The monoisotopic (exact) mass is 363 g/mol. The molecule has 3 aromatic rings. The van der Waals surface area contributed by atoms with E-state index in [0.717, 1.165) is 13.0 Å². The number of carbonyl (C=O) groups is 1. The number of nitrogens with one attached hydrogen (secondary N) is 1. The molecule has 0 aliphatic rings. The minimum atomic E-state index is 0.116. The second-order valence-electron chi connectivity index (χ2n) is 7.46. The number of hydrogen-bond acceptors (Lipinski definition) is 2. The number of amides is 1. The fraction of sp³-hybridized carbons (Fsp3) is 0.348. The number of carbonyl (C=O) groups excluding carboxylic acids is 1. The van der Waals surface area contributed by atoms with E-state index in [0.29, 0.717) is 13.0 Å². The number of rotatable bonds is 8. The van der Waals surface area contributed by atoms with Gasteiger partial charge >= 0.3 is 0 Å². The summed E-state index contributed by atoms with van der Waals surface area (Å²) in [6.45, 7) is 1.53. The maximum Gasteiger partial charge on any atom is 0.220 e. The van der Waals surface area contributed by atoms with Crippen LogP contribution in [0.5, 0.6) is 0 Å². The Morgan fingerprint density at radius 2 is 1.78 bits per heavy atom. The van der Waals surface area contributed by atoms with Crippen LogP contribution < -0.4 is 5.32 Å². The highest BCUT2D eigenvalue weighted by Gasteiger charge is 2.21. The van der Waals surface area contributed by atoms with Crippen molar-refractivity contribution in [3.63, 3.8) is 0 Å². The molecule has 0 saturated heterocycles. The first kappa shape index (κ1) is 19.2. The Bertz CT molecular complexity index is 883. The van der Waals surface area contributed by atoms with Crippen molar-refractivity contribution in [2.45, 2.75) is 18.8 Å². The minimum Gasteiger partial charge on any atom is -0.355 e. The van der Waals surface area contributed by atoms with Crippen molar-refractivity contribution in [2.75, 3.05) is 27.2 Å². The Kier molecular flexibility index (Phi) is 6.30. The quantitative estimate of drug-likeness (QED) is 0.664. The normalized spacial score (nSPS) is 12.4. The van der Waals surface area contributed by atoms with Crippen molar-refractivity contribution in [1.29, 1.82) is 0 Å². The van der Waals surface area contributed by atoms with Crippen LogP contribution in [0.15, 0.2) is 60.8 Å². The Balaban J connectivity index is 1.84. The van der Waals surface area contributed by atoms with Gasteiger partial charge in [0.05, 0.1) is 0 Å². The lowest BCUT2D eigenvalue weighted by Crippen LogP contribution is -2.32. The molecular weight excluding hydrogens is 334 g/mol. The molecule has 1 aromatic heterocycles. The highest BCUT2D eigenvalue weighted by atomic mass is 16.1. The smallest absolute Gasteiger partial charge is 0.220 e. The van der Waals surface area contributed by atoms with Crippen LogP contribution in [-0.4, -0.2) is 42.6 Å². The molecule has 0 spiro atoms. The predicted molar refractivity (Wildman–Crippen MR) is 112 cm³/mol. The molecule has 1 unspecified atom stereocenters. The summed E-state index contributed by atoms with van der Waals surface area (Å²) in [5.74, 6) is 0.267. The van der Waals surface area contributed by atoms with E-state index >= 15 is 0 Å². The summed E-state index contributed by atoms with van der Waals surface area (Å²) >= 11 is 0. The second-order valence-corrected chi connectivity index (χ2v) is 7.46. The number of para-hydroxylation sites is 1. The lowest BCUT2D eigenvalue weighted by Gasteiger charge is -2.17. The molecule has 27 heavy (non-hydrogen) atoms. The average molecular weight is 364 g/mol. The van der Waals surface area contributed by atoms with Crippen LogP contribution in [0.2, 0.25) is 0 Å². The molecule has 0 bridgehead atoms. The molecule has 1 heterocycles. The largest absolute Gasteiger partial charge is 0.355 e. The number of aromatic nitrogens is 1. The van der Waals surface area contributed by atoms with E-state index in [4.69, 9.17) is 0 Å². The summed E-state index contributed by atoms with van der Waals surface area (Å²) in [6, 6.07) is 18.9. The molecule has 1 atom stereocenters. The third-order valence-corrected chi connectivity index (χ3v) is 5.01. The van der Waals surface area contributed by atoms with Crippen LogP contribution in [0.1, 0.15) is 23.5 Å². The predicted octanol–water partition coefficient (Wildman–Crippen LogP) is 3.57. The summed E-state index contributed by atoms with van der Waals surface area (Å²) in [6.07, 6.45) is 3.54. The molecule has 4 nitrogen and oxygen atoms in total. The Morgan fingerprint density at radius 1 is 1.07 bits per heavy atom. The van der Waals surface area contributed by atoms with E-state index < -0.39 is 0 Å². The first-order chi connectivity index (χ1) is 13.0. The maximum atomic E-state index is 12.6. The second kappa shape index (κ2) is 8.87. The van der Waals surface area contributed by atoms with Gasteiger partial charge in [0, 0.05) is 43.7 Å². The van der Waals surface area contributed by atoms with E-state index in [1.807, 2.05) is 20.2 Å². The van der Waals surface area contributed by atoms with E-state index in [9.17, 15) is 4.79 Å². The fourth-order valence-electron chi connectivity index (χ4n) is 3.60. The highest BCUT2D eigenvalue weighted by molar-refractivity contribution is 5.86. The maximum absolute atomic E-state index is 12.6. The molecule has 1 amide bonds. The van der Waals surface area contributed by atoms with Gasteiger partial charge in [0.2, 0.25) is 5.91 Å². The topological polar surface area (TPSA) is 37.3 Å². The molecule has 0 aliphatic heterocycles. The van der Waals surface area contributed by atoms with Crippen LogP contribution in [0.25, 0.3) is 10.9 Å². The fourth-order valence-corrected chi connectivity index (χ4v) is 3.60. The third kappa shape index (κ3) is 4.98. The summed E-state index contributed by atoms with van der Waals surface area (Å²) in [4.78, 5) is 14.7. The lowest BCUT2D eigenvalue weighted by molar-refractivity contribution is -0.121. The van der Waals surface area contributed by atoms with Gasteiger partial charge in [-0.15, -0.1) is 0 Å². The highest BCUT2D eigenvalue weighted by Crippen LogP contribution is 2.32. The third-order valence-electron chi connectivity index (χ3n) is 5.01. The van der Waals surface area contributed by atoms with Crippen LogP contribution in [0, 0.1) is 0 Å². The molecule has 3 rings (SSSR count). The van der Waals surface area contributed by atoms with Crippen molar-refractivity contribution in [3.05, 3.63) is 71.9 Å². The van der Waals surface area contributed by atoms with Crippen molar-refractivity contribution in [3.8, 4) is 0 Å². The number of benzene rings is 2. The molecule has 0 radical (unpaired) electrons. The van der Waals surface area contributed by atoms with Crippen molar-refractivity contribution >= 4 is 16.8 Å². The minimum absolute atomic E-state index is 0.116. The van der Waals surface area contributed by atoms with E-state index in [1.165, 1.54) is 22.0 Å². The molecular formula is C23H29N3O. The summed E-state index contributed by atoms with van der Waals surface area (Å²) in [7, 11) is 6.10. The van der Waals surface area contributed by atoms with E-state index in [-0.39, 0.29) is 11.8 Å².